The summed E-state index contributed by atoms with van der Waals surface area (Å²) in [6, 6.07) is 11.2. The number of ether oxygens (including phenoxy) is 1. The molecule has 2 aromatic carbocycles. The number of benzene rings is 2. The zero-order valence-electron chi connectivity index (χ0n) is 15.6. The number of amides is 1. The van der Waals surface area contributed by atoms with Crippen LogP contribution in [0.3, 0.4) is 0 Å². The molecule has 0 radical (unpaired) electrons. The Bertz CT molecular complexity index is 1080. The lowest BCUT2D eigenvalue weighted by molar-refractivity contribution is -0.139. The largest absolute Gasteiger partial charge is 0.493 e. The second kappa shape index (κ2) is 8.57. The molecule has 0 saturated heterocycles. The predicted octanol–water partition coefficient (Wildman–Crippen LogP) is 5.58. The van der Waals surface area contributed by atoms with Gasteiger partial charge < -0.3 is 10.5 Å². The summed E-state index contributed by atoms with van der Waals surface area (Å²) in [6.07, 6.45) is -5.33. The quantitative estimate of drug-likeness (QED) is 0.524. The Morgan fingerprint density at radius 3 is 2.40 bits per heavy atom. The number of primary amides is 1. The summed E-state index contributed by atoms with van der Waals surface area (Å²) >= 11 is 12.3. The molecule has 0 bridgehead atoms. The maximum Gasteiger partial charge on any atom is 0.392 e. The molecule has 1 amide bonds. The number of halogens is 5. The molecule has 0 aliphatic carbocycles. The van der Waals surface area contributed by atoms with Gasteiger partial charge in [-0.25, -0.2) is 4.68 Å². The van der Waals surface area contributed by atoms with E-state index >= 15 is 0 Å². The molecule has 0 atom stereocenters. The Kier molecular flexibility index (Phi) is 6.28. The van der Waals surface area contributed by atoms with Crippen LogP contribution in [0.2, 0.25) is 10.0 Å². The van der Waals surface area contributed by atoms with Crippen LogP contribution in [0.5, 0.6) is 5.75 Å². The van der Waals surface area contributed by atoms with E-state index in [-0.39, 0.29) is 11.4 Å². The number of hydrogen-bond donors (Lipinski definition) is 1. The number of alkyl halides is 3. The Labute approximate surface area is 180 Å². The first-order valence-electron chi connectivity index (χ1n) is 8.71. The number of aromatic nitrogens is 2. The van der Waals surface area contributed by atoms with Crippen LogP contribution in [0, 0.1) is 6.92 Å². The first kappa shape index (κ1) is 22.0. The highest BCUT2D eigenvalue weighted by Crippen LogP contribution is 2.33. The monoisotopic (exact) mass is 457 g/mol. The minimum Gasteiger partial charge on any atom is -0.493 e. The maximum absolute atomic E-state index is 12.3. The van der Waals surface area contributed by atoms with Gasteiger partial charge in [0.15, 0.2) is 5.69 Å². The molecule has 0 spiro atoms. The fourth-order valence-electron chi connectivity index (χ4n) is 2.89. The second-order valence-electron chi connectivity index (χ2n) is 6.43. The van der Waals surface area contributed by atoms with Crippen molar-refractivity contribution in [3.63, 3.8) is 0 Å². The van der Waals surface area contributed by atoms with E-state index in [0.717, 1.165) is 0 Å². The molecule has 3 aromatic rings. The van der Waals surface area contributed by atoms with Gasteiger partial charge >= 0.3 is 6.18 Å². The van der Waals surface area contributed by atoms with Crippen LogP contribution in [-0.2, 0) is 0 Å². The van der Waals surface area contributed by atoms with Crippen LogP contribution in [0.4, 0.5) is 13.2 Å². The lowest BCUT2D eigenvalue weighted by Gasteiger charge is -2.12. The van der Waals surface area contributed by atoms with E-state index in [2.05, 4.69) is 5.10 Å². The van der Waals surface area contributed by atoms with Crippen LogP contribution in [-0.4, -0.2) is 28.5 Å². The van der Waals surface area contributed by atoms with Crippen molar-refractivity contribution in [3.8, 4) is 22.7 Å². The van der Waals surface area contributed by atoms with E-state index < -0.39 is 25.1 Å². The van der Waals surface area contributed by atoms with Crippen molar-refractivity contribution < 1.29 is 22.7 Å². The van der Waals surface area contributed by atoms with Gasteiger partial charge in [-0.3, -0.25) is 4.79 Å². The van der Waals surface area contributed by atoms with Crippen molar-refractivity contribution in [2.24, 2.45) is 5.73 Å². The number of carbonyl (C=O) groups is 1. The van der Waals surface area contributed by atoms with Crippen molar-refractivity contribution in [3.05, 3.63) is 63.8 Å². The fourth-order valence-corrected chi connectivity index (χ4v) is 3.38. The molecule has 10 heteroatoms. The number of nitrogens with zero attached hydrogens (tertiary/aromatic N) is 2. The van der Waals surface area contributed by atoms with Gasteiger partial charge in [-0.2, -0.15) is 18.3 Å². The van der Waals surface area contributed by atoms with E-state index in [4.69, 9.17) is 33.7 Å². The minimum absolute atomic E-state index is 0.0709. The summed E-state index contributed by atoms with van der Waals surface area (Å²) < 4.78 is 43.4. The van der Waals surface area contributed by atoms with Crippen molar-refractivity contribution in [2.45, 2.75) is 19.5 Å². The molecule has 1 aromatic heterocycles. The summed E-state index contributed by atoms with van der Waals surface area (Å²) in [5.41, 5.74) is 7.72. The molecule has 1 heterocycles. The molecule has 0 unspecified atom stereocenters. The van der Waals surface area contributed by atoms with E-state index in [1.807, 2.05) is 0 Å². The summed E-state index contributed by atoms with van der Waals surface area (Å²) in [5, 5.41) is 5.05. The van der Waals surface area contributed by atoms with Gasteiger partial charge in [0.05, 0.1) is 29.4 Å². The van der Waals surface area contributed by atoms with Crippen molar-refractivity contribution in [1.29, 1.82) is 0 Å². The zero-order valence-corrected chi connectivity index (χ0v) is 17.1. The fraction of sp³-hybridized carbons (Fsp3) is 0.200. The van der Waals surface area contributed by atoms with Gasteiger partial charge in [-0.15, -0.1) is 0 Å². The third-order valence-corrected chi connectivity index (χ3v) is 4.81. The average Bonchev–Trinajstić information content (AvgIpc) is 2.98. The minimum atomic E-state index is -4.29. The molecule has 0 fully saturated rings. The SMILES string of the molecule is Cc1c(C(N)=O)nn(-c2ccc(Cl)cc2Cl)c1-c1ccc(OCCC(F)(F)F)cc1. The van der Waals surface area contributed by atoms with Crippen LogP contribution in [0.25, 0.3) is 16.9 Å². The summed E-state index contributed by atoms with van der Waals surface area (Å²) in [6.45, 7) is 1.21. The van der Waals surface area contributed by atoms with Gasteiger partial charge in [0, 0.05) is 16.1 Å². The van der Waals surface area contributed by atoms with Crippen molar-refractivity contribution >= 4 is 29.1 Å². The standard InChI is InChI=1S/C20H16Cl2F3N3O2/c1-11-17(19(26)29)27-28(16-7-4-13(21)10-15(16)22)18(11)12-2-5-14(6-3-12)30-9-8-20(23,24)25/h2-7,10H,8-9H2,1H3,(H2,26,29). The first-order valence-corrected chi connectivity index (χ1v) is 9.47. The molecule has 158 valence electrons. The van der Waals surface area contributed by atoms with Gasteiger partial charge in [-0.1, -0.05) is 23.2 Å². The van der Waals surface area contributed by atoms with Gasteiger partial charge in [-0.05, 0) is 49.4 Å². The molecule has 5 nitrogen and oxygen atoms in total. The highest BCUT2D eigenvalue weighted by molar-refractivity contribution is 6.35. The first-order chi connectivity index (χ1) is 14.1. The summed E-state index contributed by atoms with van der Waals surface area (Å²) in [7, 11) is 0. The Balaban J connectivity index is 1.99. The third kappa shape index (κ3) is 4.88. The number of nitrogens with two attached hydrogens (primary N) is 1. The van der Waals surface area contributed by atoms with E-state index in [1.165, 1.54) is 16.8 Å². The number of rotatable bonds is 6. The Morgan fingerprint density at radius 2 is 1.83 bits per heavy atom. The molecular weight excluding hydrogens is 442 g/mol. The molecule has 2 N–H and O–H groups in total. The molecular formula is C20H16Cl2F3N3O2. The van der Waals surface area contributed by atoms with Gasteiger partial charge in [0.25, 0.3) is 5.91 Å². The second-order valence-corrected chi connectivity index (χ2v) is 7.28. The molecule has 0 aliphatic rings. The van der Waals surface area contributed by atoms with Gasteiger partial charge in [0.1, 0.15) is 5.75 Å². The lowest BCUT2D eigenvalue weighted by Crippen LogP contribution is -2.13. The topological polar surface area (TPSA) is 70.1 Å². The van der Waals surface area contributed by atoms with Crippen molar-refractivity contribution in [2.75, 3.05) is 6.61 Å². The van der Waals surface area contributed by atoms with Crippen LogP contribution in [0.1, 0.15) is 22.5 Å². The highest BCUT2D eigenvalue weighted by atomic mass is 35.5. The van der Waals surface area contributed by atoms with Gasteiger partial charge in [0.2, 0.25) is 0 Å². The average molecular weight is 458 g/mol. The van der Waals surface area contributed by atoms with Crippen molar-refractivity contribution in [1.82, 2.24) is 9.78 Å². The highest BCUT2D eigenvalue weighted by Gasteiger charge is 2.27. The third-order valence-electron chi connectivity index (χ3n) is 4.28. The maximum atomic E-state index is 12.3. The zero-order chi connectivity index (χ0) is 22.1. The predicted molar refractivity (Wildman–Crippen MR) is 108 cm³/mol. The lowest BCUT2D eigenvalue weighted by atomic mass is 10.1. The molecule has 0 aliphatic heterocycles. The molecule has 30 heavy (non-hydrogen) atoms. The summed E-state index contributed by atoms with van der Waals surface area (Å²) in [5.74, 6) is -0.420. The number of hydrogen-bond acceptors (Lipinski definition) is 3. The van der Waals surface area contributed by atoms with E-state index in [1.54, 1.807) is 37.3 Å². The van der Waals surface area contributed by atoms with E-state index in [9.17, 15) is 18.0 Å². The molecule has 3 rings (SSSR count). The Morgan fingerprint density at radius 1 is 1.17 bits per heavy atom. The van der Waals surface area contributed by atoms with Crippen LogP contribution < -0.4 is 10.5 Å². The smallest absolute Gasteiger partial charge is 0.392 e. The van der Waals surface area contributed by atoms with Crippen LogP contribution >= 0.6 is 23.2 Å². The molecule has 0 saturated carbocycles. The number of carbonyl (C=O) groups excluding carboxylic acids is 1. The Hall–Kier alpha value is -2.71. The van der Waals surface area contributed by atoms with E-state index in [0.29, 0.717) is 32.6 Å². The summed E-state index contributed by atoms with van der Waals surface area (Å²) in [4.78, 5) is 11.8. The normalized spacial score (nSPS) is 11.5. The van der Waals surface area contributed by atoms with Crippen LogP contribution in [0.15, 0.2) is 42.5 Å².